The van der Waals surface area contributed by atoms with Crippen LogP contribution in [0, 0.1) is 0 Å². The lowest BCUT2D eigenvalue weighted by atomic mass is 10.0. The smallest absolute Gasteiger partial charge is 0.0931 e. The Hall–Kier alpha value is -0.130. The van der Waals surface area contributed by atoms with Crippen LogP contribution in [-0.4, -0.2) is 55.1 Å². The van der Waals surface area contributed by atoms with Gasteiger partial charge in [-0.1, -0.05) is 11.6 Å². The second-order valence-corrected chi connectivity index (χ2v) is 6.80. The van der Waals surface area contributed by atoms with E-state index in [1.54, 1.807) is 11.3 Å². The van der Waals surface area contributed by atoms with Gasteiger partial charge >= 0.3 is 0 Å². The maximum absolute atomic E-state index is 6.01. The molecule has 0 saturated carbocycles. The number of nitrogens with zero attached hydrogens (tertiary/aromatic N) is 2. The predicted octanol–water partition coefficient (Wildman–Crippen LogP) is 2.05. The first-order chi connectivity index (χ1) is 8.74. The van der Waals surface area contributed by atoms with Crippen molar-refractivity contribution in [3.8, 4) is 0 Å². The van der Waals surface area contributed by atoms with Gasteiger partial charge in [0.15, 0.2) is 0 Å². The Kier molecular flexibility index (Phi) is 3.91. The van der Waals surface area contributed by atoms with Crippen molar-refractivity contribution in [2.45, 2.75) is 19.0 Å². The summed E-state index contributed by atoms with van der Waals surface area (Å²) in [5.74, 6) is 0. The molecular formula is C13H20ClN3S. The average molecular weight is 286 g/mol. The Morgan fingerprint density at radius 1 is 1.39 bits per heavy atom. The number of nitrogens with one attached hydrogen (secondary N) is 1. The first kappa shape index (κ1) is 12.9. The summed E-state index contributed by atoms with van der Waals surface area (Å²) >= 11 is 7.64. The molecule has 2 aliphatic rings. The molecule has 0 bridgehead atoms. The van der Waals surface area contributed by atoms with Crippen LogP contribution < -0.4 is 5.32 Å². The van der Waals surface area contributed by atoms with Crippen molar-refractivity contribution in [3.05, 3.63) is 21.3 Å². The third kappa shape index (κ3) is 2.58. The Morgan fingerprint density at radius 2 is 2.11 bits per heavy atom. The van der Waals surface area contributed by atoms with Crippen molar-refractivity contribution in [1.29, 1.82) is 0 Å². The van der Waals surface area contributed by atoms with E-state index in [-0.39, 0.29) is 0 Å². The Labute approximate surface area is 118 Å². The quantitative estimate of drug-likeness (QED) is 0.917. The van der Waals surface area contributed by atoms with E-state index in [9.17, 15) is 0 Å². The lowest BCUT2D eigenvalue weighted by Crippen LogP contribution is -2.62. The molecule has 3 nitrogen and oxygen atoms in total. The SMILES string of the molecule is CC(c1csc(Cl)c1)N1CC(N2CCNCC2)C1. The van der Waals surface area contributed by atoms with Crippen molar-refractivity contribution in [1.82, 2.24) is 15.1 Å². The standard InChI is InChI=1S/C13H20ClN3S/c1-10(11-6-13(14)18-9-11)17-7-12(8-17)16-4-2-15-3-5-16/h6,9-10,12,15H,2-5,7-8H2,1H3. The number of thiophene rings is 1. The molecule has 2 saturated heterocycles. The monoisotopic (exact) mass is 285 g/mol. The summed E-state index contributed by atoms with van der Waals surface area (Å²) in [7, 11) is 0. The van der Waals surface area contributed by atoms with E-state index < -0.39 is 0 Å². The maximum Gasteiger partial charge on any atom is 0.0931 e. The summed E-state index contributed by atoms with van der Waals surface area (Å²) in [6, 6.07) is 3.38. The molecule has 100 valence electrons. The van der Waals surface area contributed by atoms with E-state index in [0.29, 0.717) is 6.04 Å². The molecule has 3 rings (SSSR count). The van der Waals surface area contributed by atoms with Crippen LogP contribution in [0.2, 0.25) is 4.34 Å². The molecule has 3 heterocycles. The molecule has 5 heteroatoms. The fourth-order valence-electron chi connectivity index (χ4n) is 2.84. The van der Waals surface area contributed by atoms with E-state index in [1.807, 2.05) is 0 Å². The second kappa shape index (κ2) is 5.47. The molecule has 2 fully saturated rings. The number of hydrogen-bond acceptors (Lipinski definition) is 4. The summed E-state index contributed by atoms with van der Waals surface area (Å²) in [5.41, 5.74) is 1.36. The Bertz CT molecular complexity index is 397. The normalized spacial score (nSPS) is 25.0. The molecule has 1 aromatic rings. The molecule has 0 aromatic carbocycles. The molecule has 0 radical (unpaired) electrons. The van der Waals surface area contributed by atoms with E-state index in [1.165, 1.54) is 31.7 Å². The van der Waals surface area contributed by atoms with Gasteiger partial charge in [-0.15, -0.1) is 11.3 Å². The highest BCUT2D eigenvalue weighted by Crippen LogP contribution is 2.31. The lowest BCUT2D eigenvalue weighted by molar-refractivity contribution is 0.00358. The Balaban J connectivity index is 1.52. The van der Waals surface area contributed by atoms with Gasteiger partial charge < -0.3 is 5.32 Å². The lowest BCUT2D eigenvalue weighted by Gasteiger charge is -2.49. The fraction of sp³-hybridized carbons (Fsp3) is 0.692. The van der Waals surface area contributed by atoms with Gasteiger partial charge in [0.05, 0.1) is 4.34 Å². The second-order valence-electron chi connectivity index (χ2n) is 5.25. The number of hydrogen-bond donors (Lipinski definition) is 1. The molecule has 1 N–H and O–H groups in total. The highest BCUT2D eigenvalue weighted by Gasteiger charge is 2.35. The van der Waals surface area contributed by atoms with E-state index in [2.05, 4.69) is 33.5 Å². The van der Waals surface area contributed by atoms with Crippen LogP contribution in [0.1, 0.15) is 18.5 Å². The van der Waals surface area contributed by atoms with Crippen molar-refractivity contribution in [2.24, 2.45) is 0 Å². The highest BCUT2D eigenvalue weighted by molar-refractivity contribution is 7.14. The largest absolute Gasteiger partial charge is 0.314 e. The van der Waals surface area contributed by atoms with Crippen LogP contribution in [0.5, 0.6) is 0 Å². The third-order valence-corrected chi connectivity index (χ3v) is 5.29. The van der Waals surface area contributed by atoms with Gasteiger partial charge in [-0.3, -0.25) is 9.80 Å². The van der Waals surface area contributed by atoms with E-state index in [4.69, 9.17) is 11.6 Å². The summed E-state index contributed by atoms with van der Waals surface area (Å²) < 4.78 is 0.899. The van der Waals surface area contributed by atoms with Gasteiger partial charge in [0.1, 0.15) is 0 Å². The molecular weight excluding hydrogens is 266 g/mol. The van der Waals surface area contributed by atoms with Crippen LogP contribution in [0.15, 0.2) is 11.4 Å². The van der Waals surface area contributed by atoms with Crippen molar-refractivity contribution >= 4 is 22.9 Å². The molecule has 0 aliphatic carbocycles. The summed E-state index contributed by atoms with van der Waals surface area (Å²) in [4.78, 5) is 5.17. The summed E-state index contributed by atoms with van der Waals surface area (Å²) in [6.07, 6.45) is 0. The molecule has 18 heavy (non-hydrogen) atoms. The van der Waals surface area contributed by atoms with Gasteiger partial charge in [0, 0.05) is 51.4 Å². The molecule has 1 unspecified atom stereocenters. The summed E-state index contributed by atoms with van der Waals surface area (Å²) in [5, 5.41) is 5.60. The molecule has 0 spiro atoms. The minimum atomic E-state index is 0.507. The van der Waals surface area contributed by atoms with Gasteiger partial charge in [-0.25, -0.2) is 0 Å². The van der Waals surface area contributed by atoms with Crippen LogP contribution >= 0.6 is 22.9 Å². The first-order valence-corrected chi connectivity index (χ1v) is 7.92. The molecule has 1 aromatic heterocycles. The average Bonchev–Trinajstić information content (AvgIpc) is 2.75. The van der Waals surface area contributed by atoms with Crippen LogP contribution in [-0.2, 0) is 0 Å². The van der Waals surface area contributed by atoms with E-state index >= 15 is 0 Å². The van der Waals surface area contributed by atoms with Gasteiger partial charge in [-0.05, 0) is 23.9 Å². The van der Waals surface area contributed by atoms with Crippen molar-refractivity contribution < 1.29 is 0 Å². The van der Waals surface area contributed by atoms with Crippen LogP contribution in [0.3, 0.4) is 0 Å². The number of rotatable bonds is 3. The number of likely N-dealkylation sites (tertiary alicyclic amines) is 1. The maximum atomic E-state index is 6.01. The zero-order valence-corrected chi connectivity index (χ0v) is 12.3. The number of halogens is 1. The summed E-state index contributed by atoms with van der Waals surface area (Å²) in [6.45, 7) is 9.39. The van der Waals surface area contributed by atoms with E-state index in [0.717, 1.165) is 23.5 Å². The third-order valence-electron chi connectivity index (χ3n) is 4.18. The van der Waals surface area contributed by atoms with Crippen LogP contribution in [0.4, 0.5) is 0 Å². The zero-order valence-electron chi connectivity index (χ0n) is 10.7. The molecule has 0 amide bonds. The highest BCUT2D eigenvalue weighted by atomic mass is 35.5. The van der Waals surface area contributed by atoms with Gasteiger partial charge in [0.2, 0.25) is 0 Å². The van der Waals surface area contributed by atoms with Gasteiger partial charge in [-0.2, -0.15) is 0 Å². The Morgan fingerprint density at radius 3 is 2.72 bits per heavy atom. The molecule has 2 aliphatic heterocycles. The van der Waals surface area contributed by atoms with Crippen molar-refractivity contribution in [2.75, 3.05) is 39.3 Å². The number of piperazine rings is 1. The minimum Gasteiger partial charge on any atom is -0.314 e. The fourth-order valence-corrected chi connectivity index (χ4v) is 3.81. The first-order valence-electron chi connectivity index (χ1n) is 6.67. The van der Waals surface area contributed by atoms with Gasteiger partial charge in [0.25, 0.3) is 0 Å². The zero-order chi connectivity index (χ0) is 12.5. The van der Waals surface area contributed by atoms with Crippen molar-refractivity contribution in [3.63, 3.8) is 0 Å². The van der Waals surface area contributed by atoms with Crippen LogP contribution in [0.25, 0.3) is 0 Å². The topological polar surface area (TPSA) is 18.5 Å². The minimum absolute atomic E-state index is 0.507. The predicted molar refractivity (Wildman–Crippen MR) is 77.5 cm³/mol. The molecule has 1 atom stereocenters.